The summed E-state index contributed by atoms with van der Waals surface area (Å²) in [5, 5.41) is 2.68. The van der Waals surface area contributed by atoms with Crippen molar-refractivity contribution in [1.82, 2.24) is 0 Å². The maximum atomic E-state index is 11.8. The first-order chi connectivity index (χ1) is 12.2. The second-order valence-electron chi connectivity index (χ2n) is 4.75. The van der Waals surface area contributed by atoms with E-state index in [1.807, 2.05) is 19.8 Å². The SMILES string of the molecule is C=O.CCc1cc2c(c3occc(=O)c13)OCO2.CSc1cccs1. The van der Waals surface area contributed by atoms with Crippen molar-refractivity contribution in [2.75, 3.05) is 13.0 Å². The molecule has 0 amide bonds. The van der Waals surface area contributed by atoms with Crippen LogP contribution in [-0.2, 0) is 11.2 Å². The van der Waals surface area contributed by atoms with Crippen LogP contribution < -0.4 is 14.9 Å². The topological polar surface area (TPSA) is 65.7 Å². The van der Waals surface area contributed by atoms with Crippen molar-refractivity contribution in [2.45, 2.75) is 17.6 Å². The van der Waals surface area contributed by atoms with Crippen LogP contribution in [-0.4, -0.2) is 19.8 Å². The molecule has 5 nitrogen and oxygen atoms in total. The van der Waals surface area contributed by atoms with Gasteiger partial charge in [-0.25, -0.2) is 0 Å². The van der Waals surface area contributed by atoms with E-state index >= 15 is 0 Å². The number of thioether (sulfide) groups is 1. The van der Waals surface area contributed by atoms with Gasteiger partial charge in [-0.2, -0.15) is 0 Å². The minimum absolute atomic E-state index is 0.0450. The molecule has 0 fully saturated rings. The lowest BCUT2D eigenvalue weighted by Gasteiger charge is -2.05. The molecule has 0 saturated carbocycles. The molecular weight excluding hydrogens is 360 g/mol. The molecule has 1 aliphatic heterocycles. The number of benzene rings is 1. The first kappa shape index (κ1) is 19.1. The number of carbonyl (C=O) groups is 1. The molecule has 2 aromatic heterocycles. The lowest BCUT2D eigenvalue weighted by Crippen LogP contribution is -2.02. The Balaban J connectivity index is 0.000000211. The number of ether oxygens (including phenoxy) is 2. The van der Waals surface area contributed by atoms with Gasteiger partial charge in [0.05, 0.1) is 15.9 Å². The molecular formula is C18H18O5S2. The van der Waals surface area contributed by atoms with E-state index in [1.54, 1.807) is 23.1 Å². The Bertz CT molecular complexity index is 871. The Kier molecular flexibility index (Phi) is 7.09. The third kappa shape index (κ3) is 4.24. The molecule has 0 saturated heterocycles. The van der Waals surface area contributed by atoms with Crippen LogP contribution in [0.1, 0.15) is 12.5 Å². The fourth-order valence-corrected chi connectivity index (χ4v) is 3.57. The van der Waals surface area contributed by atoms with E-state index in [0.29, 0.717) is 22.5 Å². The maximum absolute atomic E-state index is 11.8. The van der Waals surface area contributed by atoms with Gasteiger partial charge in [-0.1, -0.05) is 13.0 Å². The summed E-state index contributed by atoms with van der Waals surface area (Å²) in [5.41, 5.74) is 1.37. The van der Waals surface area contributed by atoms with Crippen molar-refractivity contribution in [3.05, 3.63) is 51.7 Å². The molecule has 4 rings (SSSR count). The summed E-state index contributed by atoms with van der Waals surface area (Å²) in [4.78, 5) is 19.8. The molecule has 132 valence electrons. The number of thiophene rings is 1. The molecule has 0 unspecified atom stereocenters. The number of carbonyl (C=O) groups excluding carboxylic acids is 1. The minimum atomic E-state index is -0.0450. The van der Waals surface area contributed by atoms with E-state index < -0.39 is 0 Å². The zero-order valence-electron chi connectivity index (χ0n) is 13.9. The highest BCUT2D eigenvalue weighted by atomic mass is 32.2. The number of fused-ring (bicyclic) bond motifs is 3. The lowest BCUT2D eigenvalue weighted by molar-refractivity contribution is -0.0979. The predicted molar refractivity (Wildman–Crippen MR) is 101 cm³/mol. The summed E-state index contributed by atoms with van der Waals surface area (Å²) in [6.07, 6.45) is 4.22. The van der Waals surface area contributed by atoms with E-state index in [9.17, 15) is 4.79 Å². The van der Waals surface area contributed by atoms with Crippen molar-refractivity contribution in [3.8, 4) is 11.5 Å². The van der Waals surface area contributed by atoms with Crippen LogP contribution in [0.25, 0.3) is 11.0 Å². The molecule has 0 radical (unpaired) electrons. The molecule has 1 aliphatic rings. The van der Waals surface area contributed by atoms with Crippen LogP contribution in [0.2, 0.25) is 0 Å². The average molecular weight is 378 g/mol. The number of aryl methyl sites for hydroxylation is 1. The van der Waals surface area contributed by atoms with Gasteiger partial charge in [-0.3, -0.25) is 4.79 Å². The molecule has 0 N–H and O–H groups in total. The van der Waals surface area contributed by atoms with Crippen molar-refractivity contribution in [1.29, 1.82) is 0 Å². The van der Waals surface area contributed by atoms with E-state index in [-0.39, 0.29) is 12.2 Å². The predicted octanol–water partition coefficient (Wildman–Crippen LogP) is 4.37. The van der Waals surface area contributed by atoms with Crippen LogP contribution in [0.4, 0.5) is 0 Å². The second-order valence-corrected chi connectivity index (χ2v) is 6.80. The highest BCUT2D eigenvalue weighted by molar-refractivity contribution is 8.00. The van der Waals surface area contributed by atoms with Crippen LogP contribution in [0.5, 0.6) is 11.5 Å². The van der Waals surface area contributed by atoms with E-state index in [1.165, 1.54) is 16.5 Å². The molecule has 1 aromatic carbocycles. The Labute approximate surface area is 153 Å². The summed E-state index contributed by atoms with van der Waals surface area (Å²) < 4.78 is 17.4. The van der Waals surface area contributed by atoms with Crippen LogP contribution >= 0.6 is 23.1 Å². The highest BCUT2D eigenvalue weighted by Gasteiger charge is 2.22. The van der Waals surface area contributed by atoms with Crippen LogP contribution in [0, 0.1) is 0 Å². The molecule has 3 aromatic rings. The first-order valence-electron chi connectivity index (χ1n) is 7.44. The molecule has 0 spiro atoms. The highest BCUT2D eigenvalue weighted by Crippen LogP contribution is 2.40. The number of rotatable bonds is 2. The van der Waals surface area contributed by atoms with Crippen molar-refractivity contribution < 1.29 is 18.7 Å². The summed E-state index contributed by atoms with van der Waals surface area (Å²) in [6, 6.07) is 7.46. The normalized spacial score (nSPS) is 11.3. The zero-order valence-corrected chi connectivity index (χ0v) is 15.6. The largest absolute Gasteiger partial charge is 0.460 e. The van der Waals surface area contributed by atoms with Crippen molar-refractivity contribution in [2.24, 2.45) is 0 Å². The summed E-state index contributed by atoms with van der Waals surface area (Å²) in [7, 11) is 0. The summed E-state index contributed by atoms with van der Waals surface area (Å²) in [6.45, 7) is 4.17. The van der Waals surface area contributed by atoms with E-state index in [0.717, 1.165) is 12.0 Å². The molecule has 0 bridgehead atoms. The van der Waals surface area contributed by atoms with Gasteiger partial charge in [-0.05, 0) is 35.8 Å². The van der Waals surface area contributed by atoms with Gasteiger partial charge in [0.15, 0.2) is 16.8 Å². The van der Waals surface area contributed by atoms with Gasteiger partial charge in [0, 0.05) is 6.07 Å². The van der Waals surface area contributed by atoms with Crippen molar-refractivity contribution >= 4 is 40.9 Å². The second kappa shape index (κ2) is 9.29. The van der Waals surface area contributed by atoms with Gasteiger partial charge in [0.2, 0.25) is 12.5 Å². The quantitative estimate of drug-likeness (QED) is 0.617. The number of hydrogen-bond donors (Lipinski definition) is 0. The number of hydrogen-bond acceptors (Lipinski definition) is 7. The van der Waals surface area contributed by atoms with Gasteiger partial charge in [0.1, 0.15) is 6.79 Å². The Morgan fingerprint density at radius 1 is 1.28 bits per heavy atom. The standard InChI is InChI=1S/C12H10O4.C5H6S2.CH2O/c1-2-7-5-9-11(16-6-15-9)12-10(7)8(13)3-4-14-12;1-6-5-3-2-4-7-5;1-2/h3-5H,2,6H2,1H3;2-4H,1H3;1H2. The monoisotopic (exact) mass is 378 g/mol. The van der Waals surface area contributed by atoms with Gasteiger partial charge in [-0.15, -0.1) is 23.1 Å². The Morgan fingerprint density at radius 2 is 2.08 bits per heavy atom. The Morgan fingerprint density at radius 3 is 2.68 bits per heavy atom. The van der Waals surface area contributed by atoms with Crippen molar-refractivity contribution in [3.63, 3.8) is 0 Å². The average Bonchev–Trinajstić information content (AvgIpc) is 3.35. The van der Waals surface area contributed by atoms with Gasteiger partial charge < -0.3 is 18.7 Å². The lowest BCUT2D eigenvalue weighted by atomic mass is 10.1. The van der Waals surface area contributed by atoms with E-state index in [4.69, 9.17) is 18.7 Å². The smallest absolute Gasteiger partial charge is 0.231 e. The summed E-state index contributed by atoms with van der Waals surface area (Å²) >= 11 is 3.58. The third-order valence-corrected chi connectivity index (χ3v) is 5.42. The molecule has 25 heavy (non-hydrogen) atoms. The van der Waals surface area contributed by atoms with Crippen LogP contribution in [0.15, 0.2) is 49.3 Å². The molecule has 0 atom stereocenters. The first-order valence-corrected chi connectivity index (χ1v) is 9.54. The van der Waals surface area contributed by atoms with Crippen LogP contribution in [0.3, 0.4) is 0 Å². The van der Waals surface area contributed by atoms with Gasteiger partial charge in [0.25, 0.3) is 0 Å². The molecule has 3 heterocycles. The fourth-order valence-electron chi connectivity index (χ4n) is 2.35. The minimum Gasteiger partial charge on any atom is -0.460 e. The zero-order chi connectivity index (χ0) is 18.2. The third-order valence-electron chi connectivity index (χ3n) is 3.43. The Hall–Kier alpha value is -2.25. The molecule has 7 heteroatoms. The van der Waals surface area contributed by atoms with E-state index in [2.05, 4.69) is 23.8 Å². The molecule has 0 aliphatic carbocycles. The maximum Gasteiger partial charge on any atom is 0.231 e. The summed E-state index contributed by atoms with van der Waals surface area (Å²) in [5.74, 6) is 1.18. The van der Waals surface area contributed by atoms with Gasteiger partial charge >= 0.3 is 0 Å². The fraction of sp³-hybridized carbons (Fsp3) is 0.222.